The van der Waals surface area contributed by atoms with Crippen molar-refractivity contribution in [2.75, 3.05) is 26.9 Å². The van der Waals surface area contributed by atoms with Crippen LogP contribution >= 0.6 is 0 Å². The van der Waals surface area contributed by atoms with Crippen LogP contribution in [0.2, 0.25) is 0 Å². The fourth-order valence-electron chi connectivity index (χ4n) is 4.42. The second-order valence-corrected chi connectivity index (χ2v) is 8.29. The van der Waals surface area contributed by atoms with Crippen LogP contribution in [0, 0.1) is 0 Å². The zero-order chi connectivity index (χ0) is 20.9. The van der Waals surface area contributed by atoms with Gasteiger partial charge >= 0.3 is 0 Å². The summed E-state index contributed by atoms with van der Waals surface area (Å²) in [5.74, 6) is 0.721. The Kier molecular flexibility index (Phi) is 7.22. The number of ether oxygens (including phenoxy) is 4. The maximum Gasteiger partial charge on any atom is 0.222 e. The molecule has 3 aliphatic heterocycles. The van der Waals surface area contributed by atoms with Crippen LogP contribution in [0.3, 0.4) is 0 Å². The molecule has 5 atom stereocenters. The highest BCUT2D eigenvalue weighted by molar-refractivity contribution is 5.76. The lowest BCUT2D eigenvalue weighted by Crippen LogP contribution is -2.44. The molecule has 3 saturated heterocycles. The average Bonchev–Trinajstić information content (AvgIpc) is 3.30. The number of fused-ring (bicyclic) bond motifs is 1. The summed E-state index contributed by atoms with van der Waals surface area (Å²) in [6, 6.07) is 8.00. The topological polar surface area (TPSA) is 98.3 Å². The van der Waals surface area contributed by atoms with Crippen molar-refractivity contribution in [2.45, 2.75) is 68.8 Å². The van der Waals surface area contributed by atoms with Crippen LogP contribution < -0.4 is 15.4 Å². The van der Waals surface area contributed by atoms with E-state index in [9.17, 15) is 9.90 Å². The van der Waals surface area contributed by atoms with Gasteiger partial charge in [0, 0.05) is 38.8 Å². The minimum absolute atomic E-state index is 0.0667. The number of hydrogen-bond donors (Lipinski definition) is 3. The minimum atomic E-state index is -0.672. The second-order valence-electron chi connectivity index (χ2n) is 8.29. The van der Waals surface area contributed by atoms with E-state index in [4.69, 9.17) is 18.9 Å². The molecule has 0 bridgehead atoms. The average molecular weight is 421 g/mol. The summed E-state index contributed by atoms with van der Waals surface area (Å²) < 4.78 is 22.5. The van der Waals surface area contributed by atoms with Crippen molar-refractivity contribution in [3.63, 3.8) is 0 Å². The minimum Gasteiger partial charge on any atom is -0.497 e. The molecule has 3 aliphatic rings. The van der Waals surface area contributed by atoms with Crippen molar-refractivity contribution < 1.29 is 28.8 Å². The van der Waals surface area contributed by atoms with Gasteiger partial charge in [0.25, 0.3) is 0 Å². The first-order chi connectivity index (χ1) is 14.6. The number of aliphatic hydroxyl groups is 1. The van der Waals surface area contributed by atoms with Crippen LogP contribution in [-0.2, 0) is 25.5 Å². The number of carbonyl (C=O) groups excluding carboxylic acids is 1. The summed E-state index contributed by atoms with van der Waals surface area (Å²) in [5, 5.41) is 17.0. The van der Waals surface area contributed by atoms with Gasteiger partial charge in [-0.1, -0.05) is 12.1 Å². The molecule has 0 aliphatic carbocycles. The molecule has 8 heteroatoms. The predicted molar refractivity (Wildman–Crippen MR) is 109 cm³/mol. The lowest BCUT2D eigenvalue weighted by atomic mass is 10.1. The van der Waals surface area contributed by atoms with Crippen molar-refractivity contribution >= 4 is 5.91 Å². The molecule has 0 aromatic heterocycles. The van der Waals surface area contributed by atoms with E-state index in [1.165, 1.54) is 0 Å². The number of aliphatic hydroxyl groups excluding tert-OH is 1. The highest BCUT2D eigenvalue weighted by Crippen LogP contribution is 2.35. The molecule has 3 N–H and O–H groups in total. The number of carbonyl (C=O) groups is 1. The molecule has 8 nitrogen and oxygen atoms in total. The molecule has 0 saturated carbocycles. The van der Waals surface area contributed by atoms with Crippen LogP contribution in [-0.4, -0.2) is 74.4 Å². The van der Waals surface area contributed by atoms with E-state index in [1.807, 2.05) is 24.3 Å². The molecular formula is C22H32N2O6. The molecule has 0 radical (unpaired) electrons. The number of methoxy groups -OCH3 is 1. The first-order valence-corrected chi connectivity index (χ1v) is 10.8. The molecule has 166 valence electrons. The van der Waals surface area contributed by atoms with Crippen molar-refractivity contribution in [1.29, 1.82) is 0 Å². The van der Waals surface area contributed by atoms with Gasteiger partial charge in [-0.15, -0.1) is 0 Å². The molecule has 0 spiro atoms. The number of benzene rings is 1. The maximum atomic E-state index is 12.3. The van der Waals surface area contributed by atoms with Crippen LogP contribution in [0.5, 0.6) is 5.75 Å². The maximum absolute atomic E-state index is 12.3. The van der Waals surface area contributed by atoms with Gasteiger partial charge in [0.15, 0.2) is 0 Å². The van der Waals surface area contributed by atoms with Crippen LogP contribution in [0.4, 0.5) is 0 Å². The van der Waals surface area contributed by atoms with E-state index < -0.39 is 6.10 Å². The van der Waals surface area contributed by atoms with Gasteiger partial charge in [0.2, 0.25) is 5.91 Å². The van der Waals surface area contributed by atoms with E-state index in [0.29, 0.717) is 25.6 Å². The molecule has 1 aromatic carbocycles. The van der Waals surface area contributed by atoms with Crippen LogP contribution in [0.25, 0.3) is 0 Å². The third-order valence-electron chi connectivity index (χ3n) is 6.17. The molecule has 3 fully saturated rings. The first kappa shape index (κ1) is 21.5. The quantitative estimate of drug-likeness (QED) is 0.571. The fourth-order valence-corrected chi connectivity index (χ4v) is 4.42. The Hall–Kier alpha value is -1.71. The summed E-state index contributed by atoms with van der Waals surface area (Å²) in [6.45, 7) is 2.63. The highest BCUT2D eigenvalue weighted by Gasteiger charge is 2.50. The van der Waals surface area contributed by atoms with E-state index in [1.54, 1.807) is 7.11 Å². The Bertz CT molecular complexity index is 693. The van der Waals surface area contributed by atoms with Crippen LogP contribution in [0.1, 0.15) is 31.2 Å². The lowest BCUT2D eigenvalue weighted by Gasteiger charge is -2.26. The number of hydrogen-bond acceptors (Lipinski definition) is 7. The van der Waals surface area contributed by atoms with Gasteiger partial charge in [-0.05, 0) is 30.5 Å². The third kappa shape index (κ3) is 5.31. The molecule has 1 aromatic rings. The monoisotopic (exact) mass is 420 g/mol. The summed E-state index contributed by atoms with van der Waals surface area (Å²) in [7, 11) is 1.62. The smallest absolute Gasteiger partial charge is 0.222 e. The summed E-state index contributed by atoms with van der Waals surface area (Å²) in [4.78, 5) is 12.3. The van der Waals surface area contributed by atoms with E-state index in [0.717, 1.165) is 37.4 Å². The first-order valence-electron chi connectivity index (χ1n) is 10.8. The second kappa shape index (κ2) is 10.1. The van der Waals surface area contributed by atoms with Crippen LogP contribution in [0.15, 0.2) is 24.3 Å². The predicted octanol–water partition coefficient (Wildman–Crippen LogP) is 0.756. The lowest BCUT2D eigenvalue weighted by molar-refractivity contribution is -0.124. The number of amides is 1. The van der Waals surface area contributed by atoms with Gasteiger partial charge in [-0.2, -0.15) is 0 Å². The number of rotatable bonds is 8. The summed E-state index contributed by atoms with van der Waals surface area (Å²) >= 11 is 0. The zero-order valence-corrected chi connectivity index (χ0v) is 17.4. The SMILES string of the molecule is COc1ccc(CNC(=O)C[C@@H]2C[C@H]3O[C@H](CNC4CCOCC4)[C@@H](O)[C@H]3O2)cc1. The largest absolute Gasteiger partial charge is 0.497 e. The molecule has 1 amide bonds. The standard InChI is InChI=1S/C22H32N2O6/c1-27-16-4-2-14(3-5-16)12-24-20(25)11-17-10-18-22(29-17)21(26)19(30-18)13-23-15-6-8-28-9-7-15/h2-5,15,17-19,21-23,26H,6-13H2,1H3,(H,24,25)/t17-,18+,19+,21+,22-/m0/s1. The molecular weight excluding hydrogens is 388 g/mol. The zero-order valence-electron chi connectivity index (χ0n) is 17.4. The fraction of sp³-hybridized carbons (Fsp3) is 0.682. The van der Waals surface area contributed by atoms with Gasteiger partial charge in [-0.25, -0.2) is 0 Å². The van der Waals surface area contributed by atoms with E-state index in [-0.39, 0.29) is 36.7 Å². The summed E-state index contributed by atoms with van der Waals surface area (Å²) in [6.07, 6.45) is 1.19. The Morgan fingerprint density at radius 1 is 1.20 bits per heavy atom. The number of nitrogens with one attached hydrogen (secondary N) is 2. The molecule has 4 rings (SSSR count). The highest BCUT2D eigenvalue weighted by atomic mass is 16.6. The normalized spacial score (nSPS) is 31.5. The Labute approximate surface area is 177 Å². The molecule has 30 heavy (non-hydrogen) atoms. The summed E-state index contributed by atoms with van der Waals surface area (Å²) in [5.41, 5.74) is 1.01. The Morgan fingerprint density at radius 2 is 1.97 bits per heavy atom. The third-order valence-corrected chi connectivity index (χ3v) is 6.17. The van der Waals surface area contributed by atoms with E-state index >= 15 is 0 Å². The Morgan fingerprint density at radius 3 is 2.67 bits per heavy atom. The van der Waals surface area contributed by atoms with Crippen molar-refractivity contribution in [1.82, 2.24) is 10.6 Å². The van der Waals surface area contributed by atoms with Crippen molar-refractivity contribution in [3.8, 4) is 5.75 Å². The Balaban J connectivity index is 1.17. The van der Waals surface area contributed by atoms with Gasteiger partial charge in [0.05, 0.1) is 31.8 Å². The van der Waals surface area contributed by atoms with E-state index in [2.05, 4.69) is 10.6 Å². The molecule has 0 unspecified atom stereocenters. The van der Waals surface area contributed by atoms with Gasteiger partial charge in [-0.3, -0.25) is 4.79 Å². The van der Waals surface area contributed by atoms with Crippen molar-refractivity contribution in [2.24, 2.45) is 0 Å². The van der Waals surface area contributed by atoms with Gasteiger partial charge in [0.1, 0.15) is 18.0 Å². The van der Waals surface area contributed by atoms with Crippen molar-refractivity contribution in [3.05, 3.63) is 29.8 Å². The molecule has 3 heterocycles. The van der Waals surface area contributed by atoms with Gasteiger partial charge < -0.3 is 34.7 Å².